The second-order valence-corrected chi connectivity index (χ2v) is 7.10. The number of aromatic nitrogens is 1. The third kappa shape index (κ3) is 4.28. The fraction of sp³-hybridized carbons (Fsp3) is 0.714. The van der Waals surface area contributed by atoms with Gasteiger partial charge in [-0.15, -0.1) is 11.3 Å². The highest BCUT2D eigenvalue weighted by molar-refractivity contribution is 7.11. The van der Waals surface area contributed by atoms with E-state index in [4.69, 9.17) is 5.11 Å². The summed E-state index contributed by atoms with van der Waals surface area (Å²) in [5.74, 6) is -0.751. The first-order valence-electron chi connectivity index (χ1n) is 6.55. The van der Waals surface area contributed by atoms with Crippen LogP contribution < -0.4 is 0 Å². The molecule has 19 heavy (non-hydrogen) atoms. The Balaban J connectivity index is 2.97. The van der Waals surface area contributed by atoms with Crippen LogP contribution >= 0.6 is 11.3 Å². The minimum Gasteiger partial charge on any atom is -0.481 e. The summed E-state index contributed by atoms with van der Waals surface area (Å²) in [5.41, 5.74) is 0.985. The van der Waals surface area contributed by atoms with Crippen LogP contribution in [0, 0.1) is 13.8 Å². The van der Waals surface area contributed by atoms with Crippen LogP contribution in [0.4, 0.5) is 0 Å². The monoisotopic (exact) mass is 284 g/mol. The predicted octanol–water partition coefficient (Wildman–Crippen LogP) is 3.40. The standard InChI is InChI=1S/C14H24N2O2S/c1-9-13(19-11(3)15-9)10(2)16(14(4,5)6)8-7-12(17)18/h10H,7-8H2,1-6H3,(H,17,18). The molecule has 1 N–H and O–H groups in total. The van der Waals surface area contributed by atoms with E-state index in [2.05, 4.69) is 37.6 Å². The second-order valence-electron chi connectivity index (χ2n) is 5.87. The van der Waals surface area contributed by atoms with E-state index in [1.807, 2.05) is 13.8 Å². The van der Waals surface area contributed by atoms with E-state index in [1.165, 1.54) is 4.88 Å². The van der Waals surface area contributed by atoms with Gasteiger partial charge < -0.3 is 5.11 Å². The maximum atomic E-state index is 10.8. The molecular formula is C14H24N2O2S. The summed E-state index contributed by atoms with van der Waals surface area (Å²) in [4.78, 5) is 18.8. The summed E-state index contributed by atoms with van der Waals surface area (Å²) in [6.45, 7) is 13.1. The number of carbonyl (C=O) groups is 1. The summed E-state index contributed by atoms with van der Waals surface area (Å²) in [5, 5.41) is 9.96. The number of hydrogen-bond donors (Lipinski definition) is 1. The van der Waals surface area contributed by atoms with Gasteiger partial charge in [-0.2, -0.15) is 0 Å². The normalized spacial score (nSPS) is 13.8. The average Bonchev–Trinajstić information content (AvgIpc) is 2.55. The van der Waals surface area contributed by atoms with Crippen molar-refractivity contribution in [3.8, 4) is 0 Å². The maximum absolute atomic E-state index is 10.8. The van der Waals surface area contributed by atoms with Gasteiger partial charge in [0.2, 0.25) is 0 Å². The van der Waals surface area contributed by atoms with Crippen molar-refractivity contribution in [3.05, 3.63) is 15.6 Å². The molecule has 1 atom stereocenters. The molecule has 108 valence electrons. The molecule has 1 rings (SSSR count). The minimum absolute atomic E-state index is 0.0702. The molecule has 1 aromatic heterocycles. The number of aryl methyl sites for hydroxylation is 2. The smallest absolute Gasteiger partial charge is 0.304 e. The van der Waals surface area contributed by atoms with Crippen molar-refractivity contribution in [2.24, 2.45) is 0 Å². The quantitative estimate of drug-likeness (QED) is 0.900. The topological polar surface area (TPSA) is 53.4 Å². The van der Waals surface area contributed by atoms with Gasteiger partial charge in [0.05, 0.1) is 17.1 Å². The van der Waals surface area contributed by atoms with Gasteiger partial charge in [-0.3, -0.25) is 9.69 Å². The van der Waals surface area contributed by atoms with Crippen LogP contribution in [0.5, 0.6) is 0 Å². The Morgan fingerprint density at radius 3 is 2.37 bits per heavy atom. The highest BCUT2D eigenvalue weighted by Gasteiger charge is 2.29. The zero-order valence-corrected chi connectivity index (χ0v) is 13.5. The first-order chi connectivity index (χ1) is 8.62. The molecule has 5 heteroatoms. The molecule has 1 heterocycles. The Labute approximate surface area is 119 Å². The molecule has 0 spiro atoms. The van der Waals surface area contributed by atoms with E-state index in [-0.39, 0.29) is 18.0 Å². The lowest BCUT2D eigenvalue weighted by Gasteiger charge is -2.39. The fourth-order valence-corrected chi connectivity index (χ4v) is 3.39. The molecule has 1 unspecified atom stereocenters. The molecule has 4 nitrogen and oxygen atoms in total. The summed E-state index contributed by atoms with van der Waals surface area (Å²) in [7, 11) is 0. The zero-order valence-electron chi connectivity index (χ0n) is 12.6. The van der Waals surface area contributed by atoms with E-state index in [1.54, 1.807) is 11.3 Å². The lowest BCUT2D eigenvalue weighted by molar-refractivity contribution is -0.137. The van der Waals surface area contributed by atoms with Gasteiger partial charge in [-0.05, 0) is 41.5 Å². The Morgan fingerprint density at radius 1 is 1.42 bits per heavy atom. The largest absolute Gasteiger partial charge is 0.481 e. The van der Waals surface area contributed by atoms with Gasteiger partial charge in [0.1, 0.15) is 0 Å². The van der Waals surface area contributed by atoms with Crippen molar-refractivity contribution in [3.63, 3.8) is 0 Å². The highest BCUT2D eigenvalue weighted by atomic mass is 32.1. The van der Waals surface area contributed by atoms with Gasteiger partial charge >= 0.3 is 5.97 Å². The predicted molar refractivity (Wildman–Crippen MR) is 78.7 cm³/mol. The minimum atomic E-state index is -0.751. The number of carboxylic acid groups (broad SMARTS) is 1. The number of carboxylic acids is 1. The van der Waals surface area contributed by atoms with Crippen LogP contribution in [0.1, 0.15) is 55.7 Å². The van der Waals surface area contributed by atoms with Crippen molar-refractivity contribution in [1.29, 1.82) is 0 Å². The van der Waals surface area contributed by atoms with Crippen molar-refractivity contribution < 1.29 is 9.90 Å². The summed E-state index contributed by atoms with van der Waals surface area (Å²) in [6, 6.07) is 0.186. The Morgan fingerprint density at radius 2 is 2.00 bits per heavy atom. The number of nitrogens with zero attached hydrogens (tertiary/aromatic N) is 2. The Hall–Kier alpha value is -0.940. The number of hydrogen-bond acceptors (Lipinski definition) is 4. The van der Waals surface area contributed by atoms with Crippen LogP contribution in [0.3, 0.4) is 0 Å². The average molecular weight is 284 g/mol. The lowest BCUT2D eigenvalue weighted by Crippen LogP contribution is -2.44. The second kappa shape index (κ2) is 6.01. The molecule has 0 saturated heterocycles. The molecule has 0 aliphatic rings. The van der Waals surface area contributed by atoms with Crippen LogP contribution in [0.2, 0.25) is 0 Å². The molecular weight excluding hydrogens is 260 g/mol. The summed E-state index contributed by atoms with van der Waals surface area (Å²) in [6.07, 6.45) is 0.165. The zero-order chi connectivity index (χ0) is 14.8. The molecule has 0 bridgehead atoms. The van der Waals surface area contributed by atoms with E-state index in [0.29, 0.717) is 6.54 Å². The molecule has 0 aliphatic heterocycles. The van der Waals surface area contributed by atoms with Gasteiger partial charge in [0, 0.05) is 23.0 Å². The van der Waals surface area contributed by atoms with Crippen LogP contribution in [-0.2, 0) is 4.79 Å². The number of thiazole rings is 1. The van der Waals surface area contributed by atoms with Crippen molar-refractivity contribution in [1.82, 2.24) is 9.88 Å². The maximum Gasteiger partial charge on any atom is 0.304 e. The van der Waals surface area contributed by atoms with Gasteiger partial charge in [-0.25, -0.2) is 4.98 Å². The molecule has 0 aromatic carbocycles. The third-order valence-corrected chi connectivity index (χ3v) is 4.46. The fourth-order valence-electron chi connectivity index (χ4n) is 2.40. The first kappa shape index (κ1) is 16.1. The Kier molecular flexibility index (Phi) is 5.10. The SMILES string of the molecule is Cc1nc(C)c(C(C)N(CCC(=O)O)C(C)(C)C)s1. The van der Waals surface area contributed by atoms with Crippen LogP contribution in [-0.4, -0.2) is 33.0 Å². The molecule has 0 radical (unpaired) electrons. The molecule has 1 aromatic rings. The van der Waals surface area contributed by atoms with E-state index < -0.39 is 5.97 Å². The molecule has 0 fully saturated rings. The number of rotatable bonds is 5. The van der Waals surface area contributed by atoms with E-state index in [9.17, 15) is 4.79 Å². The summed E-state index contributed by atoms with van der Waals surface area (Å²) >= 11 is 1.70. The van der Waals surface area contributed by atoms with Crippen LogP contribution in [0.25, 0.3) is 0 Å². The molecule has 0 amide bonds. The van der Waals surface area contributed by atoms with E-state index in [0.717, 1.165) is 10.7 Å². The first-order valence-corrected chi connectivity index (χ1v) is 7.37. The third-order valence-electron chi connectivity index (χ3n) is 3.21. The van der Waals surface area contributed by atoms with E-state index >= 15 is 0 Å². The van der Waals surface area contributed by atoms with Gasteiger partial charge in [-0.1, -0.05) is 0 Å². The number of aliphatic carboxylic acids is 1. The highest BCUT2D eigenvalue weighted by Crippen LogP contribution is 2.33. The van der Waals surface area contributed by atoms with Crippen molar-refractivity contribution >= 4 is 17.3 Å². The van der Waals surface area contributed by atoms with Crippen molar-refractivity contribution in [2.75, 3.05) is 6.54 Å². The van der Waals surface area contributed by atoms with Gasteiger partial charge in [0.15, 0.2) is 0 Å². The molecule has 0 saturated carbocycles. The molecule has 0 aliphatic carbocycles. The summed E-state index contributed by atoms with van der Waals surface area (Å²) < 4.78 is 0. The van der Waals surface area contributed by atoms with Gasteiger partial charge in [0.25, 0.3) is 0 Å². The van der Waals surface area contributed by atoms with Crippen LogP contribution in [0.15, 0.2) is 0 Å². The Bertz CT molecular complexity index is 449. The lowest BCUT2D eigenvalue weighted by atomic mass is 10.0. The van der Waals surface area contributed by atoms with Crippen molar-refractivity contribution in [2.45, 2.75) is 59.5 Å².